The molecule has 1 unspecified atom stereocenters. The van der Waals surface area contributed by atoms with Crippen LogP contribution in [0.2, 0.25) is 0 Å². The molecule has 136 valence electrons. The molecular formula is C17H21F2N3O3. The van der Waals surface area contributed by atoms with Gasteiger partial charge in [0.2, 0.25) is 5.91 Å². The number of ether oxygens (including phenoxy) is 2. The van der Waals surface area contributed by atoms with Gasteiger partial charge in [-0.25, -0.2) is 8.78 Å². The maximum atomic E-state index is 13.1. The van der Waals surface area contributed by atoms with Crippen molar-refractivity contribution in [3.8, 4) is 5.75 Å². The van der Waals surface area contributed by atoms with Gasteiger partial charge in [0.15, 0.2) is 11.6 Å². The van der Waals surface area contributed by atoms with Gasteiger partial charge in [-0.05, 0) is 25.0 Å². The van der Waals surface area contributed by atoms with Crippen molar-refractivity contribution in [3.05, 3.63) is 29.8 Å². The Balaban J connectivity index is 1.34. The quantitative estimate of drug-likeness (QED) is 0.812. The monoisotopic (exact) mass is 353 g/mol. The van der Waals surface area contributed by atoms with Gasteiger partial charge in [0.1, 0.15) is 5.75 Å². The summed E-state index contributed by atoms with van der Waals surface area (Å²) in [6.45, 7) is 1.89. The Bertz CT molecular complexity index is 634. The number of amides is 1. The maximum absolute atomic E-state index is 13.1. The molecule has 0 spiro atoms. The van der Waals surface area contributed by atoms with E-state index in [1.165, 1.54) is 6.07 Å². The summed E-state index contributed by atoms with van der Waals surface area (Å²) >= 11 is 0. The number of halogens is 2. The fourth-order valence-corrected chi connectivity index (χ4v) is 2.79. The van der Waals surface area contributed by atoms with Crippen LogP contribution < -0.4 is 15.5 Å². The molecule has 2 heterocycles. The van der Waals surface area contributed by atoms with E-state index in [9.17, 15) is 13.6 Å². The second-order valence-electron chi connectivity index (χ2n) is 6.28. The normalized spacial score (nSPS) is 25.4. The topological polar surface area (TPSA) is 72.0 Å². The zero-order valence-corrected chi connectivity index (χ0v) is 13.7. The SMILES string of the molecule is O=C(NC[C@H]1CC[C@@H](COc2ccc(F)c(F)c2)CO1)C1C=NNC1. The summed E-state index contributed by atoms with van der Waals surface area (Å²) in [7, 11) is 0. The van der Waals surface area contributed by atoms with Gasteiger partial charge in [-0.15, -0.1) is 0 Å². The van der Waals surface area contributed by atoms with Crippen LogP contribution in [-0.4, -0.2) is 44.5 Å². The van der Waals surface area contributed by atoms with Crippen LogP contribution >= 0.6 is 0 Å². The minimum absolute atomic E-state index is 0.0187. The molecule has 2 N–H and O–H groups in total. The Kier molecular flexibility index (Phi) is 5.80. The highest BCUT2D eigenvalue weighted by Crippen LogP contribution is 2.21. The molecule has 25 heavy (non-hydrogen) atoms. The molecular weight excluding hydrogens is 332 g/mol. The van der Waals surface area contributed by atoms with Crippen LogP contribution in [0.3, 0.4) is 0 Å². The minimum atomic E-state index is -0.921. The van der Waals surface area contributed by atoms with Crippen molar-refractivity contribution < 1.29 is 23.0 Å². The van der Waals surface area contributed by atoms with Crippen LogP contribution in [0.15, 0.2) is 23.3 Å². The van der Waals surface area contributed by atoms with Gasteiger partial charge in [-0.2, -0.15) is 5.10 Å². The van der Waals surface area contributed by atoms with E-state index in [0.29, 0.717) is 32.1 Å². The van der Waals surface area contributed by atoms with E-state index in [0.717, 1.165) is 25.0 Å². The van der Waals surface area contributed by atoms with E-state index < -0.39 is 11.6 Å². The Hall–Kier alpha value is -2.22. The first-order valence-electron chi connectivity index (χ1n) is 8.35. The molecule has 1 aromatic carbocycles. The molecule has 3 rings (SSSR count). The number of carbonyl (C=O) groups is 1. The molecule has 0 aromatic heterocycles. The third-order valence-corrected chi connectivity index (χ3v) is 4.34. The number of nitrogens with one attached hydrogen (secondary N) is 2. The highest BCUT2D eigenvalue weighted by atomic mass is 19.2. The van der Waals surface area contributed by atoms with Gasteiger partial charge in [-0.1, -0.05) is 0 Å². The highest BCUT2D eigenvalue weighted by Gasteiger charge is 2.25. The summed E-state index contributed by atoms with van der Waals surface area (Å²) in [6, 6.07) is 3.49. The Morgan fingerprint density at radius 1 is 1.36 bits per heavy atom. The van der Waals surface area contributed by atoms with E-state index in [4.69, 9.17) is 9.47 Å². The first-order chi connectivity index (χ1) is 12.1. The van der Waals surface area contributed by atoms with E-state index in [1.807, 2.05) is 0 Å². The molecule has 8 heteroatoms. The molecule has 1 saturated heterocycles. The third kappa shape index (κ3) is 4.88. The number of nitrogens with zero attached hydrogens (tertiary/aromatic N) is 1. The van der Waals surface area contributed by atoms with E-state index in [2.05, 4.69) is 15.8 Å². The largest absolute Gasteiger partial charge is 0.493 e. The zero-order valence-electron chi connectivity index (χ0n) is 13.7. The Labute approximate surface area is 144 Å². The van der Waals surface area contributed by atoms with Gasteiger partial charge in [0, 0.05) is 31.3 Å². The number of benzene rings is 1. The number of carbonyl (C=O) groups excluding carboxylic acids is 1. The fourth-order valence-electron chi connectivity index (χ4n) is 2.79. The molecule has 1 aromatic rings. The average Bonchev–Trinajstić information content (AvgIpc) is 3.16. The van der Waals surface area contributed by atoms with Crippen LogP contribution in [0.5, 0.6) is 5.75 Å². The Morgan fingerprint density at radius 2 is 2.24 bits per heavy atom. The van der Waals surface area contributed by atoms with Crippen LogP contribution in [0.4, 0.5) is 8.78 Å². The number of rotatable bonds is 6. The van der Waals surface area contributed by atoms with E-state index >= 15 is 0 Å². The van der Waals surface area contributed by atoms with Crippen molar-refractivity contribution in [2.75, 3.05) is 26.3 Å². The summed E-state index contributed by atoms with van der Waals surface area (Å²) in [6.07, 6.45) is 3.28. The molecule has 0 bridgehead atoms. The average molecular weight is 353 g/mol. The highest BCUT2D eigenvalue weighted by molar-refractivity contribution is 5.94. The van der Waals surface area contributed by atoms with Gasteiger partial charge in [0.05, 0.1) is 25.2 Å². The summed E-state index contributed by atoms with van der Waals surface area (Å²) < 4.78 is 37.3. The van der Waals surface area contributed by atoms with Gasteiger partial charge >= 0.3 is 0 Å². The summed E-state index contributed by atoms with van der Waals surface area (Å²) in [5, 5.41) is 6.70. The first kappa shape index (κ1) is 17.6. The van der Waals surface area contributed by atoms with Crippen molar-refractivity contribution in [2.45, 2.75) is 18.9 Å². The first-order valence-corrected chi connectivity index (χ1v) is 8.35. The molecule has 6 nitrogen and oxygen atoms in total. The molecule has 1 fully saturated rings. The number of hydrazone groups is 1. The lowest BCUT2D eigenvalue weighted by atomic mass is 9.99. The van der Waals surface area contributed by atoms with Crippen LogP contribution in [0.1, 0.15) is 12.8 Å². The molecule has 1 amide bonds. The number of hydrogen-bond donors (Lipinski definition) is 2. The van der Waals surface area contributed by atoms with E-state index in [-0.39, 0.29) is 23.8 Å². The zero-order chi connectivity index (χ0) is 17.6. The van der Waals surface area contributed by atoms with Crippen LogP contribution in [0.25, 0.3) is 0 Å². The van der Waals surface area contributed by atoms with Crippen LogP contribution in [-0.2, 0) is 9.53 Å². The van der Waals surface area contributed by atoms with Gasteiger partial charge in [0.25, 0.3) is 0 Å². The third-order valence-electron chi connectivity index (χ3n) is 4.34. The van der Waals surface area contributed by atoms with Gasteiger partial charge < -0.3 is 20.2 Å². The molecule has 0 aliphatic carbocycles. The molecule has 2 aliphatic rings. The van der Waals surface area contributed by atoms with Crippen molar-refractivity contribution in [2.24, 2.45) is 16.9 Å². The maximum Gasteiger partial charge on any atom is 0.230 e. The molecule has 0 radical (unpaired) electrons. The van der Waals surface area contributed by atoms with E-state index in [1.54, 1.807) is 6.21 Å². The predicted molar refractivity (Wildman–Crippen MR) is 87.3 cm³/mol. The summed E-state index contributed by atoms with van der Waals surface area (Å²) in [5.74, 6) is -1.60. The predicted octanol–water partition coefficient (Wildman–Crippen LogP) is 1.46. The lowest BCUT2D eigenvalue weighted by Gasteiger charge is -2.29. The standard InChI is InChI=1S/C17H21F2N3O3/c18-15-4-3-13(5-16(15)19)24-9-11-1-2-14(25-10-11)8-20-17(23)12-6-21-22-7-12/h3-6,11-12,14,22H,1-2,7-10H2,(H,20,23)/t11-,12?,14+/m0/s1. The van der Waals surface area contributed by atoms with Crippen molar-refractivity contribution in [1.29, 1.82) is 0 Å². The summed E-state index contributed by atoms with van der Waals surface area (Å²) in [5.41, 5.74) is 2.75. The molecule has 3 atom stereocenters. The second-order valence-corrected chi connectivity index (χ2v) is 6.28. The fraction of sp³-hybridized carbons (Fsp3) is 0.529. The Morgan fingerprint density at radius 3 is 2.92 bits per heavy atom. The van der Waals surface area contributed by atoms with Crippen LogP contribution in [0, 0.1) is 23.5 Å². The number of hydrogen-bond acceptors (Lipinski definition) is 5. The molecule has 2 aliphatic heterocycles. The summed E-state index contributed by atoms with van der Waals surface area (Å²) in [4.78, 5) is 11.9. The smallest absolute Gasteiger partial charge is 0.230 e. The second kappa shape index (κ2) is 8.24. The van der Waals surface area contributed by atoms with Gasteiger partial charge in [-0.3, -0.25) is 4.79 Å². The lowest BCUT2D eigenvalue weighted by molar-refractivity contribution is -0.123. The molecule has 0 saturated carbocycles. The van der Waals surface area contributed by atoms with Crippen molar-refractivity contribution in [3.63, 3.8) is 0 Å². The van der Waals surface area contributed by atoms with Crippen molar-refractivity contribution in [1.82, 2.24) is 10.7 Å². The minimum Gasteiger partial charge on any atom is -0.493 e. The lowest BCUT2D eigenvalue weighted by Crippen LogP contribution is -2.41. The van der Waals surface area contributed by atoms with Crippen molar-refractivity contribution >= 4 is 12.1 Å².